The van der Waals surface area contributed by atoms with Gasteiger partial charge in [0.2, 0.25) is 0 Å². The number of hydrogen-bond donors (Lipinski definition) is 2. The number of piperidine rings is 1. The first-order valence-electron chi connectivity index (χ1n) is 7.96. The van der Waals surface area contributed by atoms with Gasteiger partial charge in [-0.25, -0.2) is 4.79 Å². The van der Waals surface area contributed by atoms with E-state index in [4.69, 9.17) is 16.7 Å². The molecule has 0 aromatic heterocycles. The topological polar surface area (TPSA) is 113 Å². The summed E-state index contributed by atoms with van der Waals surface area (Å²) in [6.07, 6.45) is 0.834. The number of amides is 2. The van der Waals surface area contributed by atoms with Crippen LogP contribution in [0.1, 0.15) is 18.9 Å². The number of urea groups is 1. The number of benzene rings is 1. The Balaban J connectivity index is 1.92. The van der Waals surface area contributed by atoms with Crippen LogP contribution in [0.3, 0.4) is 0 Å². The molecule has 1 aromatic rings. The SMILES string of the molecule is CC1CC(C(=O)O)CN(C(=O)NCCc2ccc(Cl)cc2[N+](=O)[O-])C1. The Bertz CT molecular complexity index is 682. The molecule has 2 unspecified atom stereocenters. The first-order chi connectivity index (χ1) is 11.8. The molecule has 25 heavy (non-hydrogen) atoms. The third-order valence-electron chi connectivity index (χ3n) is 4.21. The fourth-order valence-electron chi connectivity index (χ4n) is 3.03. The largest absolute Gasteiger partial charge is 0.481 e. The number of aliphatic carboxylic acids is 1. The predicted molar refractivity (Wildman–Crippen MR) is 91.7 cm³/mol. The molecule has 1 aromatic carbocycles. The van der Waals surface area contributed by atoms with E-state index in [-0.39, 0.29) is 42.2 Å². The van der Waals surface area contributed by atoms with Gasteiger partial charge in [-0.1, -0.05) is 24.6 Å². The maximum Gasteiger partial charge on any atom is 0.317 e. The molecule has 8 nitrogen and oxygen atoms in total. The zero-order chi connectivity index (χ0) is 18.6. The number of carboxylic acid groups (broad SMARTS) is 1. The Kier molecular flexibility index (Phi) is 6.19. The van der Waals surface area contributed by atoms with Crippen LogP contribution in [0.25, 0.3) is 0 Å². The third kappa shape index (κ3) is 5.06. The average molecular weight is 370 g/mol. The van der Waals surface area contributed by atoms with Gasteiger partial charge in [-0.15, -0.1) is 0 Å². The van der Waals surface area contributed by atoms with Gasteiger partial charge in [0, 0.05) is 36.3 Å². The second-order valence-electron chi connectivity index (χ2n) is 6.29. The van der Waals surface area contributed by atoms with Crippen LogP contribution >= 0.6 is 11.6 Å². The quantitative estimate of drug-likeness (QED) is 0.611. The fourth-order valence-corrected chi connectivity index (χ4v) is 3.20. The van der Waals surface area contributed by atoms with Crippen molar-refractivity contribution in [3.8, 4) is 0 Å². The Hall–Kier alpha value is -2.35. The molecule has 1 aliphatic heterocycles. The van der Waals surface area contributed by atoms with Crippen molar-refractivity contribution in [1.82, 2.24) is 10.2 Å². The molecule has 0 spiro atoms. The minimum Gasteiger partial charge on any atom is -0.481 e. The van der Waals surface area contributed by atoms with Crippen LogP contribution in [0.5, 0.6) is 0 Å². The van der Waals surface area contributed by atoms with Crippen molar-refractivity contribution < 1.29 is 19.6 Å². The van der Waals surface area contributed by atoms with E-state index >= 15 is 0 Å². The van der Waals surface area contributed by atoms with Gasteiger partial charge in [-0.05, 0) is 24.8 Å². The highest BCUT2D eigenvalue weighted by Gasteiger charge is 2.31. The van der Waals surface area contributed by atoms with Gasteiger partial charge in [0.1, 0.15) is 0 Å². The first-order valence-corrected chi connectivity index (χ1v) is 8.34. The van der Waals surface area contributed by atoms with Crippen molar-refractivity contribution in [2.75, 3.05) is 19.6 Å². The molecule has 0 radical (unpaired) electrons. The number of carbonyl (C=O) groups excluding carboxylic acids is 1. The molecular formula is C16H20ClN3O5. The first kappa shape index (κ1) is 19.0. The highest BCUT2D eigenvalue weighted by atomic mass is 35.5. The number of likely N-dealkylation sites (tertiary alicyclic amines) is 1. The second kappa shape index (κ2) is 8.15. The summed E-state index contributed by atoms with van der Waals surface area (Å²) in [4.78, 5) is 35.4. The molecule has 0 aliphatic carbocycles. The van der Waals surface area contributed by atoms with Crippen molar-refractivity contribution in [1.29, 1.82) is 0 Å². The smallest absolute Gasteiger partial charge is 0.317 e. The van der Waals surface area contributed by atoms with Crippen LogP contribution in [0.4, 0.5) is 10.5 Å². The van der Waals surface area contributed by atoms with Crippen molar-refractivity contribution in [2.24, 2.45) is 11.8 Å². The Morgan fingerprint density at radius 1 is 1.44 bits per heavy atom. The predicted octanol–water partition coefficient (Wildman–Crippen LogP) is 2.54. The summed E-state index contributed by atoms with van der Waals surface area (Å²) in [6, 6.07) is 4.06. The molecule has 9 heteroatoms. The van der Waals surface area contributed by atoms with Crippen LogP contribution in [0.2, 0.25) is 5.02 Å². The molecule has 2 N–H and O–H groups in total. The van der Waals surface area contributed by atoms with Crippen LogP contribution in [-0.2, 0) is 11.2 Å². The van der Waals surface area contributed by atoms with E-state index in [0.717, 1.165) is 0 Å². The summed E-state index contributed by atoms with van der Waals surface area (Å²) in [7, 11) is 0. The summed E-state index contributed by atoms with van der Waals surface area (Å²) in [5, 5.41) is 23.2. The number of nitrogens with one attached hydrogen (secondary N) is 1. The summed E-state index contributed by atoms with van der Waals surface area (Å²) in [5.74, 6) is -1.36. The number of nitro groups is 1. The molecular weight excluding hydrogens is 350 g/mol. The summed E-state index contributed by atoms with van der Waals surface area (Å²) in [6.45, 7) is 2.79. The van der Waals surface area contributed by atoms with Crippen molar-refractivity contribution in [3.63, 3.8) is 0 Å². The number of halogens is 1. The molecule has 2 amide bonds. The maximum atomic E-state index is 12.2. The third-order valence-corrected chi connectivity index (χ3v) is 4.45. The lowest BCUT2D eigenvalue weighted by Crippen LogP contribution is -2.49. The van der Waals surface area contributed by atoms with Gasteiger partial charge in [-0.3, -0.25) is 14.9 Å². The van der Waals surface area contributed by atoms with E-state index in [1.807, 2.05) is 6.92 Å². The minimum atomic E-state index is -0.902. The monoisotopic (exact) mass is 369 g/mol. The summed E-state index contributed by atoms with van der Waals surface area (Å²) in [5.41, 5.74) is 0.393. The average Bonchev–Trinajstić information content (AvgIpc) is 2.55. The number of nitro benzene ring substituents is 1. The van der Waals surface area contributed by atoms with E-state index in [1.165, 1.54) is 11.0 Å². The van der Waals surface area contributed by atoms with Gasteiger partial charge in [0.15, 0.2) is 0 Å². The highest BCUT2D eigenvalue weighted by Crippen LogP contribution is 2.24. The van der Waals surface area contributed by atoms with E-state index in [1.54, 1.807) is 12.1 Å². The fraction of sp³-hybridized carbons (Fsp3) is 0.500. The zero-order valence-corrected chi connectivity index (χ0v) is 14.5. The Morgan fingerprint density at radius 2 is 2.16 bits per heavy atom. The number of hydrogen-bond acceptors (Lipinski definition) is 4. The molecule has 0 bridgehead atoms. The molecule has 1 heterocycles. The highest BCUT2D eigenvalue weighted by molar-refractivity contribution is 6.30. The van der Waals surface area contributed by atoms with Crippen molar-refractivity contribution in [2.45, 2.75) is 19.8 Å². The Labute approximate surface area is 149 Å². The van der Waals surface area contributed by atoms with Crippen molar-refractivity contribution in [3.05, 3.63) is 38.9 Å². The summed E-state index contributed by atoms with van der Waals surface area (Å²) < 4.78 is 0. The Morgan fingerprint density at radius 3 is 2.80 bits per heavy atom. The number of rotatable bonds is 5. The molecule has 0 saturated carbocycles. The molecule has 2 rings (SSSR count). The lowest BCUT2D eigenvalue weighted by Gasteiger charge is -2.34. The normalized spacial score (nSPS) is 20.2. The molecule has 2 atom stereocenters. The van der Waals surface area contributed by atoms with Gasteiger partial charge in [0.25, 0.3) is 5.69 Å². The van der Waals surface area contributed by atoms with Crippen molar-refractivity contribution >= 4 is 29.3 Å². The molecule has 1 saturated heterocycles. The number of carboxylic acids is 1. The van der Waals surface area contributed by atoms with Gasteiger partial charge in [0.05, 0.1) is 10.8 Å². The van der Waals surface area contributed by atoms with E-state index < -0.39 is 16.8 Å². The van der Waals surface area contributed by atoms with Gasteiger partial charge >= 0.3 is 12.0 Å². The second-order valence-corrected chi connectivity index (χ2v) is 6.73. The number of carbonyl (C=O) groups is 2. The van der Waals surface area contributed by atoms with E-state index in [9.17, 15) is 19.7 Å². The molecule has 1 fully saturated rings. The van der Waals surface area contributed by atoms with Gasteiger partial charge < -0.3 is 15.3 Å². The minimum absolute atomic E-state index is 0.0840. The molecule has 1 aliphatic rings. The van der Waals surface area contributed by atoms with Gasteiger partial charge in [-0.2, -0.15) is 0 Å². The molecule has 136 valence electrons. The van der Waals surface area contributed by atoms with E-state index in [0.29, 0.717) is 18.5 Å². The van der Waals surface area contributed by atoms with Crippen LogP contribution in [0, 0.1) is 22.0 Å². The lowest BCUT2D eigenvalue weighted by atomic mass is 9.91. The lowest BCUT2D eigenvalue weighted by molar-refractivity contribution is -0.385. The zero-order valence-electron chi connectivity index (χ0n) is 13.8. The van der Waals surface area contributed by atoms with Crippen LogP contribution in [-0.4, -0.2) is 46.6 Å². The van der Waals surface area contributed by atoms with Crippen LogP contribution < -0.4 is 5.32 Å². The summed E-state index contributed by atoms with van der Waals surface area (Å²) >= 11 is 5.77. The van der Waals surface area contributed by atoms with Crippen LogP contribution in [0.15, 0.2) is 18.2 Å². The van der Waals surface area contributed by atoms with E-state index in [2.05, 4.69) is 5.32 Å². The maximum absolute atomic E-state index is 12.2. The number of nitrogens with zero attached hydrogens (tertiary/aromatic N) is 2. The standard InChI is InChI=1S/C16H20ClN3O5/c1-10-6-12(15(21)22)9-19(8-10)16(23)18-5-4-11-2-3-13(17)7-14(11)20(24)25/h2-3,7,10,12H,4-6,8-9H2,1H3,(H,18,23)(H,21,22).